The Kier molecular flexibility index (Phi) is 72.2. The largest absolute Gasteiger partial charge is 0.545 e. The maximum Gasteiger partial charge on any atom is 0.306 e. The molecule has 550 valence electrons. The number of nitrogens with zero attached hydrogens (tertiary/aromatic N) is 1. The van der Waals surface area contributed by atoms with Gasteiger partial charge in [-0.2, -0.15) is 0 Å². The molecule has 0 N–H and O–H groups in total. The van der Waals surface area contributed by atoms with Gasteiger partial charge in [0, 0.05) is 12.8 Å². The molecule has 0 saturated carbocycles. The van der Waals surface area contributed by atoms with Gasteiger partial charge in [-0.15, -0.1) is 0 Å². The fourth-order valence-electron chi connectivity index (χ4n) is 10.6. The number of allylic oxidation sites excluding steroid dienone is 28. The zero-order valence-corrected chi connectivity index (χ0v) is 62.9. The molecule has 0 heterocycles. The topological polar surface area (TPSA) is 111 Å². The van der Waals surface area contributed by atoms with Crippen molar-refractivity contribution in [3.63, 3.8) is 0 Å². The monoisotopic (exact) mass is 1340 g/mol. The summed E-state index contributed by atoms with van der Waals surface area (Å²) in [6.07, 6.45) is 112. The summed E-state index contributed by atoms with van der Waals surface area (Å²) < 4.78 is 22.9. The molecule has 0 amide bonds. The molecule has 0 aromatic heterocycles. The summed E-state index contributed by atoms with van der Waals surface area (Å²) in [5.74, 6) is -2.29. The van der Waals surface area contributed by atoms with Gasteiger partial charge < -0.3 is 33.3 Å². The second kappa shape index (κ2) is 76.4. The molecule has 0 aliphatic heterocycles. The average molecular weight is 1350 g/mol. The van der Waals surface area contributed by atoms with Gasteiger partial charge in [-0.1, -0.05) is 338 Å². The van der Waals surface area contributed by atoms with E-state index in [1.165, 1.54) is 135 Å². The molecule has 0 aromatic carbocycles. The fourth-order valence-corrected chi connectivity index (χ4v) is 10.6. The summed E-state index contributed by atoms with van der Waals surface area (Å²) in [7, 11) is 5.93. The molecule has 9 nitrogen and oxygen atoms in total. The Balaban J connectivity index is 4.08. The Morgan fingerprint density at radius 1 is 0.309 bits per heavy atom. The number of rotatable bonds is 71. The van der Waals surface area contributed by atoms with Gasteiger partial charge in [0.25, 0.3) is 0 Å². The van der Waals surface area contributed by atoms with Crippen LogP contribution in [0.3, 0.4) is 0 Å². The normalized spacial score (nSPS) is 13.6. The zero-order valence-electron chi connectivity index (χ0n) is 62.9. The van der Waals surface area contributed by atoms with Crippen molar-refractivity contribution in [1.29, 1.82) is 0 Å². The van der Waals surface area contributed by atoms with Crippen molar-refractivity contribution in [2.45, 2.75) is 322 Å². The second-order valence-corrected chi connectivity index (χ2v) is 26.9. The first-order valence-electron chi connectivity index (χ1n) is 39.3. The summed E-state index contributed by atoms with van der Waals surface area (Å²) in [6.45, 7) is 4.53. The highest BCUT2D eigenvalue weighted by atomic mass is 16.7. The van der Waals surface area contributed by atoms with E-state index in [0.29, 0.717) is 17.4 Å². The molecular weight excluding hydrogens is 1200 g/mol. The Bertz CT molecular complexity index is 2210. The van der Waals surface area contributed by atoms with Gasteiger partial charge in [0.05, 0.1) is 40.3 Å². The molecule has 0 rings (SSSR count). The molecule has 0 aliphatic carbocycles. The van der Waals surface area contributed by atoms with Crippen LogP contribution in [0.5, 0.6) is 0 Å². The van der Waals surface area contributed by atoms with E-state index in [4.69, 9.17) is 18.9 Å². The number of ether oxygens (including phenoxy) is 4. The summed E-state index contributed by atoms with van der Waals surface area (Å²) in [4.78, 5) is 37.6. The van der Waals surface area contributed by atoms with Crippen LogP contribution in [0.15, 0.2) is 170 Å². The van der Waals surface area contributed by atoms with Crippen molar-refractivity contribution in [1.82, 2.24) is 0 Å². The molecule has 9 heteroatoms. The summed E-state index contributed by atoms with van der Waals surface area (Å²) in [6, 6.07) is 0. The highest BCUT2D eigenvalue weighted by molar-refractivity contribution is 5.70. The molecule has 0 aromatic rings. The number of carbonyl (C=O) groups excluding carboxylic acids is 3. The number of likely N-dealkylation sites (N-methyl/N-ethyl adjacent to an activating group) is 1. The van der Waals surface area contributed by atoms with E-state index in [0.717, 1.165) is 141 Å². The molecule has 97 heavy (non-hydrogen) atoms. The minimum Gasteiger partial charge on any atom is -0.545 e. The quantitative estimate of drug-likeness (QED) is 0.0195. The van der Waals surface area contributed by atoms with Gasteiger partial charge >= 0.3 is 11.9 Å². The lowest BCUT2D eigenvalue weighted by Gasteiger charge is -2.26. The van der Waals surface area contributed by atoms with E-state index in [-0.39, 0.29) is 38.6 Å². The number of carboxylic acids is 1. The number of aliphatic carboxylic acids is 1. The van der Waals surface area contributed by atoms with Gasteiger partial charge in [0.2, 0.25) is 0 Å². The molecule has 0 bridgehead atoms. The van der Waals surface area contributed by atoms with Gasteiger partial charge in [0.1, 0.15) is 13.2 Å². The highest BCUT2D eigenvalue weighted by Crippen LogP contribution is 2.17. The van der Waals surface area contributed by atoms with E-state index < -0.39 is 24.3 Å². The van der Waals surface area contributed by atoms with Gasteiger partial charge in [-0.3, -0.25) is 9.59 Å². The lowest BCUT2D eigenvalue weighted by atomic mass is 10.0. The fraction of sp³-hybridized carbons (Fsp3) is 0.648. The SMILES string of the molecule is CC/C=C\C/C=C\C/C=C\C/C=C\C/C=C\C/C=C\C/C=C\CCCCCCCCCCCCCCCCCCCC(=O)OC(COC(=O)CCCCCCCCCCCCC/C=C\C/C=C\C/C=C\C/C=C\C/C=C\C/C=C\C/C=C\CC)COC(OCC[N+](C)(C)C)C(=O)[O-]. The minimum atomic E-state index is -1.63. The molecule has 2 atom stereocenters. The van der Waals surface area contributed by atoms with Crippen molar-refractivity contribution in [2.75, 3.05) is 47.5 Å². The van der Waals surface area contributed by atoms with Crippen molar-refractivity contribution in [3.05, 3.63) is 170 Å². The van der Waals surface area contributed by atoms with Crippen LogP contribution in [-0.4, -0.2) is 82.3 Å². The lowest BCUT2D eigenvalue weighted by Crippen LogP contribution is -2.44. The van der Waals surface area contributed by atoms with Crippen molar-refractivity contribution < 1.29 is 42.9 Å². The first-order chi connectivity index (χ1) is 47.6. The molecule has 0 fully saturated rings. The first-order valence-corrected chi connectivity index (χ1v) is 39.3. The number of hydrogen-bond acceptors (Lipinski definition) is 8. The predicted molar refractivity (Wildman–Crippen MR) is 416 cm³/mol. The van der Waals surface area contributed by atoms with Crippen LogP contribution in [0.4, 0.5) is 0 Å². The molecule has 0 aliphatic rings. The Labute approximate surface area is 597 Å². The van der Waals surface area contributed by atoms with E-state index in [1.54, 1.807) is 0 Å². The predicted octanol–water partition coefficient (Wildman–Crippen LogP) is 24.0. The molecule has 0 spiro atoms. The molecular formula is C88H145NO8. The van der Waals surface area contributed by atoms with Crippen LogP contribution < -0.4 is 5.11 Å². The van der Waals surface area contributed by atoms with Crippen LogP contribution in [0, 0.1) is 0 Å². The van der Waals surface area contributed by atoms with Gasteiger partial charge in [-0.25, -0.2) is 0 Å². The summed E-state index contributed by atoms with van der Waals surface area (Å²) >= 11 is 0. The summed E-state index contributed by atoms with van der Waals surface area (Å²) in [5.41, 5.74) is 0. The maximum absolute atomic E-state index is 13.0. The van der Waals surface area contributed by atoms with E-state index in [1.807, 2.05) is 21.1 Å². The minimum absolute atomic E-state index is 0.141. The maximum atomic E-state index is 13.0. The summed E-state index contributed by atoms with van der Waals surface area (Å²) in [5, 5.41) is 11.9. The third kappa shape index (κ3) is 77.9. The van der Waals surface area contributed by atoms with E-state index >= 15 is 0 Å². The van der Waals surface area contributed by atoms with Gasteiger partial charge in [-0.05, 0) is 128 Å². The number of unbranched alkanes of at least 4 members (excludes halogenated alkanes) is 28. The smallest absolute Gasteiger partial charge is 0.306 e. The second-order valence-electron chi connectivity index (χ2n) is 26.9. The van der Waals surface area contributed by atoms with Crippen molar-refractivity contribution in [3.8, 4) is 0 Å². The number of carboxylic acid groups (broad SMARTS) is 1. The first kappa shape index (κ1) is 91.6. The number of esters is 2. The van der Waals surface area contributed by atoms with Crippen LogP contribution in [-0.2, 0) is 33.3 Å². The Hall–Kier alpha value is -5.35. The lowest BCUT2D eigenvalue weighted by molar-refractivity contribution is -0.870. The van der Waals surface area contributed by atoms with Crippen molar-refractivity contribution in [2.24, 2.45) is 0 Å². The standard InChI is InChI=1S/C88H145NO8/c1-6-8-10-12-14-16-18-20-22-24-26-28-30-32-34-36-38-40-41-42-43-44-45-47-49-51-53-55-57-59-61-63-65-67-69-71-73-75-77-79-86(91)97-84(83-96-88(87(92)93)94-81-80-89(3,4)5)82-95-85(90)78-76-74-72-70-68-66-64-62-60-58-56-54-52-50-48-46-39-37-35-33-31-29-27-25-23-21-19-17-15-13-11-9-7-2/h8-11,14-17,20-23,26-29,32-35,38-40,42-43,46,50,52,84,88H,6-7,12-13,18-19,24-25,30-31,36-37,41,44-45,47-49,51,53-83H2,1-5H3/b10-8-,11-9-,16-14-,17-15-,22-20-,23-21-,28-26-,29-27-,34-32-,35-33-,40-38-,43-42-,46-39-,52-50-. The van der Waals surface area contributed by atoms with Crippen LogP contribution in [0.25, 0.3) is 0 Å². The molecule has 0 saturated heterocycles. The van der Waals surface area contributed by atoms with Crippen LogP contribution in [0.2, 0.25) is 0 Å². The number of hydrogen-bond donors (Lipinski definition) is 0. The number of quaternary nitrogens is 1. The van der Waals surface area contributed by atoms with E-state index in [9.17, 15) is 19.5 Å². The van der Waals surface area contributed by atoms with Crippen LogP contribution in [0.1, 0.15) is 309 Å². The third-order valence-corrected chi connectivity index (χ3v) is 16.5. The van der Waals surface area contributed by atoms with Crippen LogP contribution >= 0.6 is 0 Å². The zero-order chi connectivity index (χ0) is 70.4. The van der Waals surface area contributed by atoms with Gasteiger partial charge in [0.15, 0.2) is 12.4 Å². The average Bonchev–Trinajstić information content (AvgIpc) is 2.39. The Morgan fingerprint density at radius 3 is 0.825 bits per heavy atom. The van der Waals surface area contributed by atoms with Crippen molar-refractivity contribution >= 4 is 17.9 Å². The molecule has 2 unspecified atom stereocenters. The number of carbonyl (C=O) groups is 3. The Morgan fingerprint density at radius 2 is 0.557 bits per heavy atom. The molecule has 0 radical (unpaired) electrons. The third-order valence-electron chi connectivity index (χ3n) is 16.5. The van der Waals surface area contributed by atoms with E-state index in [2.05, 4.69) is 184 Å². The highest BCUT2D eigenvalue weighted by Gasteiger charge is 2.22.